The van der Waals surface area contributed by atoms with E-state index < -0.39 is 6.04 Å². The molecule has 2 heterocycles. The van der Waals surface area contributed by atoms with E-state index in [0.29, 0.717) is 0 Å². The molecule has 0 aliphatic carbocycles. The van der Waals surface area contributed by atoms with Gasteiger partial charge in [0.05, 0.1) is 23.1 Å². The van der Waals surface area contributed by atoms with Crippen LogP contribution in [0.4, 0.5) is 0 Å². The minimum atomic E-state index is -0.453. The van der Waals surface area contributed by atoms with Crippen molar-refractivity contribution in [3.05, 3.63) is 30.1 Å². The number of aromatic nitrogens is 2. The summed E-state index contributed by atoms with van der Waals surface area (Å²) >= 11 is 0. The number of likely N-dealkylation sites (tertiary alicyclic amines) is 1. The van der Waals surface area contributed by atoms with Crippen molar-refractivity contribution in [1.82, 2.24) is 14.5 Å². The normalized spacial score (nSPS) is 18.7. The second kappa shape index (κ2) is 7.31. The molecular weight excluding hydrogens is 323 g/mol. The Hall–Kier alpha value is -1.30. The highest BCUT2D eigenvalue weighted by Crippen LogP contribution is 2.33. The van der Waals surface area contributed by atoms with E-state index >= 15 is 0 Å². The molecule has 1 saturated heterocycles. The molecule has 1 aliphatic rings. The van der Waals surface area contributed by atoms with Gasteiger partial charge in [0.25, 0.3) is 0 Å². The molecule has 0 saturated carbocycles. The van der Waals surface area contributed by atoms with Crippen LogP contribution >= 0.6 is 24.8 Å². The molecule has 0 bridgehead atoms. The molecule has 1 aromatic heterocycles. The average molecular weight is 345 g/mol. The van der Waals surface area contributed by atoms with Gasteiger partial charge in [-0.15, -0.1) is 24.8 Å². The Morgan fingerprint density at radius 2 is 2.05 bits per heavy atom. The first kappa shape index (κ1) is 18.7. The van der Waals surface area contributed by atoms with E-state index in [-0.39, 0.29) is 36.8 Å². The fraction of sp³-hybridized carbons (Fsp3) is 0.467. The Bertz CT molecular complexity index is 656. The highest BCUT2D eigenvalue weighted by molar-refractivity contribution is 5.85. The second-order valence-corrected chi connectivity index (χ2v) is 5.50. The van der Waals surface area contributed by atoms with Crippen molar-refractivity contribution in [1.29, 1.82) is 0 Å². The van der Waals surface area contributed by atoms with Crippen LogP contribution in [0.2, 0.25) is 0 Å². The van der Waals surface area contributed by atoms with Gasteiger partial charge in [-0.1, -0.05) is 12.1 Å². The monoisotopic (exact) mass is 344 g/mol. The summed E-state index contributed by atoms with van der Waals surface area (Å²) < 4.78 is 2.09. The number of amides is 1. The summed E-state index contributed by atoms with van der Waals surface area (Å²) in [7, 11) is 2.01. The van der Waals surface area contributed by atoms with Crippen LogP contribution in [0.1, 0.15) is 31.6 Å². The molecule has 7 heteroatoms. The maximum atomic E-state index is 12.2. The minimum absolute atomic E-state index is 0. The maximum absolute atomic E-state index is 12.2. The van der Waals surface area contributed by atoms with Crippen molar-refractivity contribution in [3.8, 4) is 0 Å². The van der Waals surface area contributed by atoms with Gasteiger partial charge >= 0.3 is 0 Å². The van der Waals surface area contributed by atoms with Crippen molar-refractivity contribution in [2.75, 3.05) is 6.54 Å². The average Bonchev–Trinajstić information content (AvgIpc) is 3.03. The lowest BCUT2D eigenvalue weighted by Crippen LogP contribution is -2.42. The first-order valence-corrected chi connectivity index (χ1v) is 7.07. The first-order valence-electron chi connectivity index (χ1n) is 7.07. The summed E-state index contributed by atoms with van der Waals surface area (Å²) in [5, 5.41) is 0. The highest BCUT2D eigenvalue weighted by atomic mass is 35.5. The lowest BCUT2D eigenvalue weighted by atomic mass is 10.2. The standard InChI is InChI=1S/C15H20N4O.2ClH/c1-10(16)15(20)19-9-5-8-13(19)14-17-11-6-3-4-7-12(11)18(14)2;;/h3-4,6-7,10,13H,5,8-9,16H2,1-2H3;2*1H/t10-,13?;;/m1../s1. The van der Waals surface area contributed by atoms with Gasteiger partial charge in [-0.2, -0.15) is 0 Å². The van der Waals surface area contributed by atoms with Gasteiger partial charge in [0.15, 0.2) is 0 Å². The molecule has 122 valence electrons. The predicted octanol–water partition coefficient (Wildman–Crippen LogP) is 2.43. The van der Waals surface area contributed by atoms with E-state index in [9.17, 15) is 4.79 Å². The van der Waals surface area contributed by atoms with Crippen LogP contribution in [0.15, 0.2) is 24.3 Å². The van der Waals surface area contributed by atoms with Crippen LogP contribution in [0, 0.1) is 0 Å². The Morgan fingerprint density at radius 3 is 2.68 bits per heavy atom. The summed E-state index contributed by atoms with van der Waals surface area (Å²) in [6.07, 6.45) is 1.96. The molecule has 5 nitrogen and oxygen atoms in total. The van der Waals surface area contributed by atoms with Crippen LogP contribution in [0.25, 0.3) is 11.0 Å². The quantitative estimate of drug-likeness (QED) is 0.909. The smallest absolute Gasteiger partial charge is 0.239 e. The van der Waals surface area contributed by atoms with Crippen LogP contribution < -0.4 is 5.73 Å². The number of hydrogen-bond donors (Lipinski definition) is 1. The molecule has 1 aliphatic heterocycles. The van der Waals surface area contributed by atoms with E-state index in [0.717, 1.165) is 36.2 Å². The molecule has 1 aromatic carbocycles. The number of carbonyl (C=O) groups is 1. The summed E-state index contributed by atoms with van der Waals surface area (Å²) in [6, 6.07) is 7.65. The van der Waals surface area contributed by atoms with Gasteiger partial charge < -0.3 is 15.2 Å². The Balaban J connectivity index is 0.00000121. The number of aryl methyl sites for hydroxylation is 1. The maximum Gasteiger partial charge on any atom is 0.239 e. The topological polar surface area (TPSA) is 64.2 Å². The number of fused-ring (bicyclic) bond motifs is 1. The van der Waals surface area contributed by atoms with E-state index in [2.05, 4.69) is 10.6 Å². The second-order valence-electron chi connectivity index (χ2n) is 5.50. The molecule has 22 heavy (non-hydrogen) atoms. The van der Waals surface area contributed by atoms with Gasteiger partial charge in [0.2, 0.25) is 5.91 Å². The van der Waals surface area contributed by atoms with Crippen molar-refractivity contribution in [3.63, 3.8) is 0 Å². The van der Waals surface area contributed by atoms with Crippen LogP contribution in [0.3, 0.4) is 0 Å². The number of nitrogens with zero attached hydrogens (tertiary/aromatic N) is 3. The lowest BCUT2D eigenvalue weighted by Gasteiger charge is -2.25. The van der Waals surface area contributed by atoms with Gasteiger partial charge in [-0.3, -0.25) is 4.79 Å². The summed E-state index contributed by atoms with van der Waals surface area (Å²) in [6.45, 7) is 2.51. The third-order valence-corrected chi connectivity index (χ3v) is 4.05. The third kappa shape index (κ3) is 3.07. The Kier molecular flexibility index (Phi) is 6.23. The van der Waals surface area contributed by atoms with Crippen molar-refractivity contribution < 1.29 is 4.79 Å². The number of nitrogens with two attached hydrogens (primary N) is 1. The molecule has 1 fully saturated rings. The fourth-order valence-electron chi connectivity index (χ4n) is 3.02. The minimum Gasteiger partial charge on any atom is -0.331 e. The predicted molar refractivity (Wildman–Crippen MR) is 92.5 cm³/mol. The zero-order valence-corrected chi connectivity index (χ0v) is 14.4. The SMILES string of the molecule is C[C@@H](N)C(=O)N1CCCC1c1nc2ccccc2n1C.Cl.Cl. The molecule has 1 unspecified atom stereocenters. The molecular formula is C15H22Cl2N4O. The molecule has 0 radical (unpaired) electrons. The number of imidazole rings is 1. The fourth-order valence-corrected chi connectivity index (χ4v) is 3.02. The first-order chi connectivity index (χ1) is 9.59. The molecule has 2 atom stereocenters. The van der Waals surface area contributed by atoms with Crippen LogP contribution in [-0.2, 0) is 11.8 Å². The molecule has 2 aromatic rings. The summed E-state index contributed by atoms with van der Waals surface area (Å²) in [5.41, 5.74) is 7.83. The molecule has 3 rings (SSSR count). The number of hydrogen-bond acceptors (Lipinski definition) is 3. The van der Waals surface area contributed by atoms with E-state index in [4.69, 9.17) is 10.7 Å². The van der Waals surface area contributed by atoms with Gasteiger partial charge in [0, 0.05) is 13.6 Å². The number of carbonyl (C=O) groups excluding carboxylic acids is 1. The van der Waals surface area contributed by atoms with Crippen molar-refractivity contribution in [2.24, 2.45) is 12.8 Å². The number of benzene rings is 1. The third-order valence-electron chi connectivity index (χ3n) is 4.05. The summed E-state index contributed by atoms with van der Waals surface area (Å²) in [4.78, 5) is 18.8. The Labute approximate surface area is 142 Å². The van der Waals surface area contributed by atoms with Crippen molar-refractivity contribution >= 4 is 41.8 Å². The zero-order valence-electron chi connectivity index (χ0n) is 12.7. The highest BCUT2D eigenvalue weighted by Gasteiger charge is 2.34. The van der Waals surface area contributed by atoms with E-state index in [1.165, 1.54) is 0 Å². The molecule has 1 amide bonds. The number of para-hydroxylation sites is 2. The lowest BCUT2D eigenvalue weighted by molar-refractivity contribution is -0.133. The van der Waals surface area contributed by atoms with Gasteiger partial charge in [-0.25, -0.2) is 4.98 Å². The Morgan fingerprint density at radius 1 is 1.36 bits per heavy atom. The zero-order chi connectivity index (χ0) is 14.3. The molecule has 2 N–H and O–H groups in total. The van der Waals surface area contributed by atoms with Gasteiger partial charge in [0.1, 0.15) is 5.82 Å². The number of rotatable bonds is 2. The largest absolute Gasteiger partial charge is 0.331 e. The van der Waals surface area contributed by atoms with Crippen LogP contribution in [0.5, 0.6) is 0 Å². The van der Waals surface area contributed by atoms with Crippen molar-refractivity contribution in [2.45, 2.75) is 31.8 Å². The van der Waals surface area contributed by atoms with E-state index in [1.807, 2.05) is 30.1 Å². The molecule has 0 spiro atoms. The van der Waals surface area contributed by atoms with Gasteiger partial charge in [-0.05, 0) is 31.9 Å². The van der Waals surface area contributed by atoms with E-state index in [1.54, 1.807) is 6.92 Å². The number of halogens is 2. The van der Waals surface area contributed by atoms with Crippen LogP contribution in [-0.4, -0.2) is 32.9 Å². The summed E-state index contributed by atoms with van der Waals surface area (Å²) in [5.74, 6) is 0.970.